The van der Waals surface area contributed by atoms with Gasteiger partial charge in [-0.2, -0.15) is 0 Å². The number of nitrogens with zero attached hydrogens (tertiary/aromatic N) is 1. The molecule has 4 aliphatic rings. The zero-order valence-electron chi connectivity index (χ0n) is 25.8. The first kappa shape index (κ1) is 32.9. The quantitative estimate of drug-likeness (QED) is 0.170. The molecule has 0 radical (unpaired) electrons. The van der Waals surface area contributed by atoms with E-state index in [0.717, 1.165) is 38.5 Å². The Morgan fingerprint density at radius 2 is 1.89 bits per heavy atom. The van der Waals surface area contributed by atoms with Gasteiger partial charge in [0.25, 0.3) is 0 Å². The molecule has 2 aliphatic heterocycles. The van der Waals surface area contributed by atoms with Crippen molar-refractivity contribution in [2.45, 2.75) is 93.7 Å². The lowest BCUT2D eigenvalue weighted by molar-refractivity contribution is -0.139. The summed E-state index contributed by atoms with van der Waals surface area (Å²) < 4.78 is 21.4. The van der Waals surface area contributed by atoms with Crippen LogP contribution in [0.25, 0.3) is 0 Å². The van der Waals surface area contributed by atoms with E-state index in [4.69, 9.17) is 44.1 Å². The van der Waals surface area contributed by atoms with E-state index >= 15 is 4.39 Å². The lowest BCUT2D eigenvalue weighted by Gasteiger charge is -2.51. The second kappa shape index (κ2) is 12.5. The normalized spacial score (nSPS) is 34.0. The van der Waals surface area contributed by atoms with Gasteiger partial charge in [-0.05, 0) is 92.5 Å². The summed E-state index contributed by atoms with van der Waals surface area (Å²) in [5.74, 6) is -2.61. The minimum absolute atomic E-state index is 0.0901. The Kier molecular flexibility index (Phi) is 8.95. The number of benzene rings is 2. The number of carbonyl (C=O) groups excluding carboxylic acids is 1. The highest BCUT2D eigenvalue weighted by molar-refractivity contribution is 6.31. The second-order valence-electron chi connectivity index (χ2n) is 13.7. The van der Waals surface area contributed by atoms with E-state index in [0.29, 0.717) is 54.4 Å². The smallest absolute Gasteiger partial charge is 0.321 e. The van der Waals surface area contributed by atoms with E-state index in [-0.39, 0.29) is 33.9 Å². The van der Waals surface area contributed by atoms with Crippen molar-refractivity contribution >= 4 is 53.1 Å². The molecule has 2 heterocycles. The minimum Gasteiger partial charge on any atom is -0.480 e. The number of amides is 1. The number of anilines is 1. The van der Waals surface area contributed by atoms with Crippen molar-refractivity contribution in [3.05, 3.63) is 63.4 Å². The molecule has 0 bridgehead atoms. The van der Waals surface area contributed by atoms with Crippen molar-refractivity contribution in [2.75, 3.05) is 11.9 Å². The molecule has 2 spiro atoms. The highest BCUT2D eigenvalue weighted by Gasteiger charge is 2.73. The van der Waals surface area contributed by atoms with Crippen LogP contribution < -0.4 is 16.4 Å². The lowest BCUT2D eigenvalue weighted by Crippen LogP contribution is -2.61. The first-order valence-corrected chi connectivity index (χ1v) is 16.7. The Bertz CT molecular complexity index is 1570. The molecule has 3 atom stereocenters. The van der Waals surface area contributed by atoms with Gasteiger partial charge >= 0.3 is 5.97 Å². The molecule has 1 amide bonds. The summed E-state index contributed by atoms with van der Waals surface area (Å²) >= 11 is 12.6. The summed E-state index contributed by atoms with van der Waals surface area (Å²) in [4.78, 5) is 32.2. The number of hydrogen-bond donors (Lipinski definition) is 5. The predicted octanol–water partition coefficient (Wildman–Crippen LogP) is 6.41. The van der Waals surface area contributed by atoms with Gasteiger partial charge in [0, 0.05) is 40.7 Å². The van der Waals surface area contributed by atoms with Crippen LogP contribution in [0, 0.1) is 22.6 Å². The number of carbonyl (C=O) groups is 2. The van der Waals surface area contributed by atoms with Gasteiger partial charge < -0.3 is 20.9 Å². The molecule has 6 rings (SSSR count). The summed E-state index contributed by atoms with van der Waals surface area (Å²) in [6.07, 6.45) is 7.59. The first-order valence-electron chi connectivity index (χ1n) is 16.0. The van der Waals surface area contributed by atoms with Crippen molar-refractivity contribution in [1.29, 1.82) is 5.41 Å². The van der Waals surface area contributed by atoms with Crippen LogP contribution >= 0.6 is 23.2 Å². The Morgan fingerprint density at radius 3 is 2.57 bits per heavy atom. The summed E-state index contributed by atoms with van der Waals surface area (Å²) in [6.45, 7) is 2.71. The fraction of sp³-hybridized carbons (Fsp3) is 0.529. The third-order valence-electron chi connectivity index (χ3n) is 11.2. The van der Waals surface area contributed by atoms with Gasteiger partial charge in [0.1, 0.15) is 17.3 Å². The molecular formula is C34H40Cl2FN5O4. The van der Waals surface area contributed by atoms with Crippen molar-refractivity contribution in [2.24, 2.45) is 22.1 Å². The Morgan fingerprint density at radius 1 is 1.17 bits per heavy atom. The third-order valence-corrected chi connectivity index (χ3v) is 11.7. The van der Waals surface area contributed by atoms with Gasteiger partial charge in [-0.25, -0.2) is 4.39 Å². The van der Waals surface area contributed by atoms with Crippen LogP contribution in [0.4, 0.5) is 10.1 Å². The molecule has 46 heavy (non-hydrogen) atoms. The summed E-state index contributed by atoms with van der Waals surface area (Å²) in [6, 6.07) is 8.60. The largest absolute Gasteiger partial charge is 0.480 e. The monoisotopic (exact) mass is 671 g/mol. The first-order chi connectivity index (χ1) is 21.9. The number of rotatable bonds is 7. The van der Waals surface area contributed by atoms with Gasteiger partial charge in [0.05, 0.1) is 5.02 Å². The average Bonchev–Trinajstić information content (AvgIpc) is 3.48. The molecule has 12 heteroatoms. The van der Waals surface area contributed by atoms with Gasteiger partial charge in [-0.15, -0.1) is 0 Å². The molecule has 0 aromatic heterocycles. The molecule has 1 saturated heterocycles. The zero-order chi connectivity index (χ0) is 32.9. The van der Waals surface area contributed by atoms with Crippen LogP contribution in [0.2, 0.25) is 10.0 Å². The molecule has 2 aliphatic carbocycles. The van der Waals surface area contributed by atoms with E-state index in [1.807, 2.05) is 0 Å². The predicted molar refractivity (Wildman–Crippen MR) is 176 cm³/mol. The van der Waals surface area contributed by atoms with Crippen LogP contribution in [0.15, 0.2) is 41.4 Å². The number of aliphatic imine (C=N–C) groups is 1. The van der Waals surface area contributed by atoms with Gasteiger partial charge in [0.15, 0.2) is 12.3 Å². The number of halogens is 3. The molecule has 6 N–H and O–H groups in total. The van der Waals surface area contributed by atoms with Crippen molar-refractivity contribution in [3.63, 3.8) is 0 Å². The van der Waals surface area contributed by atoms with E-state index in [1.165, 1.54) is 12.1 Å². The number of fused-ring (bicyclic) bond motifs is 3. The van der Waals surface area contributed by atoms with E-state index in [2.05, 4.69) is 17.6 Å². The molecule has 2 aromatic rings. The number of ether oxygens (including phenoxy) is 1. The summed E-state index contributed by atoms with van der Waals surface area (Å²) in [7, 11) is 0. The van der Waals surface area contributed by atoms with Gasteiger partial charge in [-0.1, -0.05) is 48.3 Å². The van der Waals surface area contributed by atoms with Gasteiger partial charge in [0.2, 0.25) is 5.91 Å². The molecule has 2 saturated carbocycles. The summed E-state index contributed by atoms with van der Waals surface area (Å²) in [5, 5.41) is 24.7. The molecular weight excluding hydrogens is 632 g/mol. The van der Waals surface area contributed by atoms with Gasteiger partial charge in [-0.3, -0.25) is 25.3 Å². The Hall–Kier alpha value is -3.05. The Labute approximate surface area is 278 Å². The standard InChI is InChI=1S/C34H40Cl2FN5O4/c1-32(15-16-40-29(46-18-38)19-5-8-21(39)9-6-19)11-13-33(14-12-32)34(23-10-7-20(35)17-25(23)41-31(34)45)26(28(42-33)30(43)44)22-3-2-4-24(36)27(22)37/h2-4,7,10,17-19,21,26,28,38,42H,5-6,8-9,11-16,39H2,1H3,(H,41,45)(H,43,44)/t19?,21?,26-,28+,32?,33?,34?/m0/s1. The highest BCUT2D eigenvalue weighted by atomic mass is 35.5. The molecule has 1 unspecified atom stereocenters. The van der Waals surface area contributed by atoms with Crippen molar-refractivity contribution < 1.29 is 23.8 Å². The number of nitrogens with one attached hydrogen (secondary N) is 3. The lowest BCUT2D eigenvalue weighted by atomic mass is 9.53. The van der Waals surface area contributed by atoms with Crippen LogP contribution in [0.3, 0.4) is 0 Å². The maximum absolute atomic E-state index is 15.8. The van der Waals surface area contributed by atoms with E-state index < -0.39 is 34.7 Å². The van der Waals surface area contributed by atoms with Crippen LogP contribution in [0.1, 0.15) is 81.8 Å². The van der Waals surface area contributed by atoms with E-state index in [1.54, 1.807) is 24.3 Å². The van der Waals surface area contributed by atoms with E-state index in [9.17, 15) is 14.7 Å². The number of carboxylic acids is 1. The number of nitrogens with two attached hydrogens (primary N) is 1. The second-order valence-corrected chi connectivity index (χ2v) is 14.6. The number of aliphatic carboxylic acids is 1. The van der Waals surface area contributed by atoms with Crippen molar-refractivity contribution in [3.8, 4) is 0 Å². The third kappa shape index (κ3) is 5.41. The van der Waals surface area contributed by atoms with Crippen LogP contribution in [-0.4, -0.2) is 53.4 Å². The maximum Gasteiger partial charge on any atom is 0.321 e. The van der Waals surface area contributed by atoms with Crippen LogP contribution in [-0.2, 0) is 19.7 Å². The molecule has 2 aromatic carbocycles. The molecule has 9 nitrogen and oxygen atoms in total. The fourth-order valence-corrected chi connectivity index (χ4v) is 9.06. The Balaban J connectivity index is 1.34. The summed E-state index contributed by atoms with van der Waals surface area (Å²) in [5.41, 5.74) is 4.70. The highest BCUT2D eigenvalue weighted by Crippen LogP contribution is 2.64. The van der Waals surface area contributed by atoms with Crippen LogP contribution in [0.5, 0.6) is 0 Å². The minimum atomic E-state index is -1.44. The topological polar surface area (TPSA) is 150 Å². The maximum atomic E-state index is 15.8. The number of carboxylic acid groups (broad SMARTS) is 1. The molecule has 3 fully saturated rings. The number of hydrogen-bond acceptors (Lipinski definition) is 7. The fourth-order valence-electron chi connectivity index (χ4n) is 8.71. The average molecular weight is 673 g/mol. The van der Waals surface area contributed by atoms with Crippen molar-refractivity contribution in [1.82, 2.24) is 5.32 Å². The zero-order valence-corrected chi connectivity index (χ0v) is 27.3. The SMILES string of the molecule is CC1(CCN=C(OC=N)C2CCC(N)CC2)CCC2(CC1)N[C@@H](C(=O)O)[C@H](c1cccc(Cl)c1F)C21C(=O)Nc2cc(Cl)ccc21. The molecule has 246 valence electrons.